The van der Waals surface area contributed by atoms with Crippen LogP contribution in [-0.4, -0.2) is 23.2 Å². The summed E-state index contributed by atoms with van der Waals surface area (Å²) in [5.74, 6) is 2.00. The number of piperidine rings is 1. The Morgan fingerprint density at radius 2 is 1.96 bits per heavy atom. The van der Waals surface area contributed by atoms with E-state index in [1.807, 2.05) is 11.0 Å². The zero-order valence-corrected chi connectivity index (χ0v) is 12.7. The van der Waals surface area contributed by atoms with Gasteiger partial charge in [0.05, 0.1) is 17.3 Å². The molecule has 2 aromatic rings. The molecule has 6 heteroatoms. The summed E-state index contributed by atoms with van der Waals surface area (Å²) in [4.78, 5) is 6.55. The van der Waals surface area contributed by atoms with Crippen LogP contribution >= 0.6 is 0 Å². The average molecular weight is 312 g/mol. The summed E-state index contributed by atoms with van der Waals surface area (Å²) in [7, 11) is 0. The summed E-state index contributed by atoms with van der Waals surface area (Å²) in [5.41, 5.74) is 0.912. The molecule has 5 nitrogen and oxygen atoms in total. The van der Waals surface area contributed by atoms with Crippen LogP contribution in [0.5, 0.6) is 0 Å². The third-order valence-electron chi connectivity index (χ3n) is 4.66. The van der Waals surface area contributed by atoms with Gasteiger partial charge in [-0.25, -0.2) is 4.39 Å². The van der Waals surface area contributed by atoms with Crippen molar-refractivity contribution in [2.45, 2.75) is 37.5 Å². The van der Waals surface area contributed by atoms with Gasteiger partial charge in [-0.15, -0.1) is 0 Å². The Balaban J connectivity index is 1.43. The maximum Gasteiger partial charge on any atom is 0.229 e. The fourth-order valence-corrected chi connectivity index (χ4v) is 3.12. The van der Waals surface area contributed by atoms with Gasteiger partial charge in [0.1, 0.15) is 5.82 Å². The summed E-state index contributed by atoms with van der Waals surface area (Å²) < 4.78 is 19.4. The van der Waals surface area contributed by atoms with Gasteiger partial charge in [0.15, 0.2) is 5.82 Å². The summed E-state index contributed by atoms with van der Waals surface area (Å²) in [5, 5.41) is 12.9. The van der Waals surface area contributed by atoms with Crippen LogP contribution in [0.3, 0.4) is 0 Å². The lowest BCUT2D eigenvalue weighted by molar-refractivity contribution is 0.364. The van der Waals surface area contributed by atoms with Gasteiger partial charge < -0.3 is 9.42 Å². The van der Waals surface area contributed by atoms with E-state index in [0.29, 0.717) is 17.2 Å². The van der Waals surface area contributed by atoms with Crippen LogP contribution in [-0.2, 0) is 0 Å². The lowest BCUT2D eigenvalue weighted by atomic mass is 9.95. The van der Waals surface area contributed by atoms with E-state index in [1.54, 1.807) is 12.1 Å². The van der Waals surface area contributed by atoms with Crippen molar-refractivity contribution in [2.75, 3.05) is 18.0 Å². The summed E-state index contributed by atoms with van der Waals surface area (Å²) in [6.07, 6.45) is 4.06. The molecule has 23 heavy (non-hydrogen) atoms. The lowest BCUT2D eigenvalue weighted by Crippen LogP contribution is -2.33. The predicted molar refractivity (Wildman–Crippen MR) is 81.6 cm³/mol. The molecule has 4 rings (SSSR count). The van der Waals surface area contributed by atoms with E-state index in [0.717, 1.165) is 50.5 Å². The molecular formula is C17H17FN4O. The highest BCUT2D eigenvalue weighted by atomic mass is 19.1. The van der Waals surface area contributed by atoms with Crippen molar-refractivity contribution < 1.29 is 8.91 Å². The standard InChI is InChI=1S/C17H17FN4O/c18-14-9-11(10-19)1-4-15(14)22-7-5-12(6-8-22)16-20-17(23-21-16)13-2-3-13/h1,4,9,12-13H,2-3,5-8H2. The Morgan fingerprint density at radius 3 is 2.61 bits per heavy atom. The Hall–Kier alpha value is -2.42. The molecule has 0 N–H and O–H groups in total. The van der Waals surface area contributed by atoms with E-state index in [9.17, 15) is 4.39 Å². The molecule has 1 aromatic heterocycles. The first kappa shape index (κ1) is 14.2. The first-order valence-corrected chi connectivity index (χ1v) is 8.02. The van der Waals surface area contributed by atoms with Crippen molar-refractivity contribution in [3.8, 4) is 6.07 Å². The smallest absolute Gasteiger partial charge is 0.229 e. The van der Waals surface area contributed by atoms with Gasteiger partial charge in [0, 0.05) is 24.9 Å². The molecule has 0 spiro atoms. The minimum atomic E-state index is -0.335. The molecule has 1 saturated carbocycles. The molecule has 2 fully saturated rings. The van der Waals surface area contributed by atoms with E-state index in [4.69, 9.17) is 9.78 Å². The summed E-state index contributed by atoms with van der Waals surface area (Å²) >= 11 is 0. The van der Waals surface area contributed by atoms with Crippen LogP contribution in [0.25, 0.3) is 0 Å². The molecule has 1 saturated heterocycles. The number of benzene rings is 1. The molecule has 118 valence electrons. The van der Waals surface area contributed by atoms with E-state index in [1.165, 1.54) is 6.07 Å². The zero-order valence-electron chi connectivity index (χ0n) is 12.7. The number of halogens is 1. The largest absolute Gasteiger partial charge is 0.369 e. The number of hydrogen-bond acceptors (Lipinski definition) is 5. The summed E-state index contributed by atoms with van der Waals surface area (Å²) in [6, 6.07) is 6.60. The first-order chi connectivity index (χ1) is 11.2. The number of aromatic nitrogens is 2. The van der Waals surface area contributed by atoms with Crippen LogP contribution in [0.4, 0.5) is 10.1 Å². The highest BCUT2D eigenvalue weighted by Gasteiger charge is 2.32. The first-order valence-electron chi connectivity index (χ1n) is 8.02. The third kappa shape index (κ3) is 2.79. The van der Waals surface area contributed by atoms with Crippen molar-refractivity contribution in [1.29, 1.82) is 5.26 Å². The topological polar surface area (TPSA) is 66.0 Å². The van der Waals surface area contributed by atoms with Gasteiger partial charge in [0.2, 0.25) is 5.89 Å². The second kappa shape index (κ2) is 5.65. The zero-order chi connectivity index (χ0) is 15.8. The van der Waals surface area contributed by atoms with Gasteiger partial charge in [-0.3, -0.25) is 0 Å². The Morgan fingerprint density at radius 1 is 1.17 bits per heavy atom. The molecular weight excluding hydrogens is 295 g/mol. The monoisotopic (exact) mass is 312 g/mol. The molecule has 0 radical (unpaired) electrons. The molecule has 2 aliphatic rings. The quantitative estimate of drug-likeness (QED) is 0.869. The molecule has 2 heterocycles. The van der Waals surface area contributed by atoms with E-state index in [2.05, 4.69) is 10.1 Å². The number of nitriles is 1. The second-order valence-electron chi connectivity index (χ2n) is 6.30. The van der Waals surface area contributed by atoms with E-state index < -0.39 is 0 Å². The highest BCUT2D eigenvalue weighted by molar-refractivity contribution is 5.51. The van der Waals surface area contributed by atoms with Crippen molar-refractivity contribution in [2.24, 2.45) is 0 Å². The normalized spacial score (nSPS) is 18.9. The molecule has 1 aliphatic heterocycles. The van der Waals surface area contributed by atoms with E-state index in [-0.39, 0.29) is 11.7 Å². The molecule has 1 aliphatic carbocycles. The molecule has 0 bridgehead atoms. The van der Waals surface area contributed by atoms with Gasteiger partial charge in [-0.1, -0.05) is 5.16 Å². The Kier molecular flexibility index (Phi) is 3.49. The minimum absolute atomic E-state index is 0.281. The summed E-state index contributed by atoms with van der Waals surface area (Å²) in [6.45, 7) is 1.50. The van der Waals surface area contributed by atoms with Crippen molar-refractivity contribution >= 4 is 5.69 Å². The molecule has 0 atom stereocenters. The van der Waals surface area contributed by atoms with E-state index >= 15 is 0 Å². The fraction of sp³-hybridized carbons (Fsp3) is 0.471. The van der Waals surface area contributed by atoms with Crippen LogP contribution in [0.2, 0.25) is 0 Å². The third-order valence-corrected chi connectivity index (χ3v) is 4.66. The van der Waals surface area contributed by atoms with Crippen LogP contribution in [0.15, 0.2) is 22.7 Å². The molecule has 1 aromatic carbocycles. The van der Waals surface area contributed by atoms with Crippen LogP contribution in [0.1, 0.15) is 54.8 Å². The number of anilines is 1. The van der Waals surface area contributed by atoms with Gasteiger partial charge >= 0.3 is 0 Å². The second-order valence-corrected chi connectivity index (χ2v) is 6.30. The highest BCUT2D eigenvalue weighted by Crippen LogP contribution is 2.40. The predicted octanol–water partition coefficient (Wildman–Crippen LogP) is 3.34. The van der Waals surface area contributed by atoms with Crippen LogP contribution < -0.4 is 4.90 Å². The maximum absolute atomic E-state index is 14.1. The average Bonchev–Trinajstić information content (AvgIpc) is 3.32. The van der Waals surface area contributed by atoms with Gasteiger partial charge in [-0.2, -0.15) is 10.2 Å². The fourth-order valence-electron chi connectivity index (χ4n) is 3.12. The number of nitrogens with zero attached hydrogens (tertiary/aromatic N) is 4. The molecule has 0 amide bonds. The van der Waals surface area contributed by atoms with Gasteiger partial charge in [-0.05, 0) is 43.9 Å². The van der Waals surface area contributed by atoms with Crippen molar-refractivity contribution in [3.05, 3.63) is 41.3 Å². The Bertz CT molecular complexity index is 754. The van der Waals surface area contributed by atoms with Gasteiger partial charge in [0.25, 0.3) is 0 Å². The van der Waals surface area contributed by atoms with Crippen molar-refractivity contribution in [1.82, 2.24) is 10.1 Å². The van der Waals surface area contributed by atoms with Crippen molar-refractivity contribution in [3.63, 3.8) is 0 Å². The lowest BCUT2D eigenvalue weighted by Gasteiger charge is -2.32. The number of hydrogen-bond donors (Lipinski definition) is 0. The number of rotatable bonds is 3. The minimum Gasteiger partial charge on any atom is -0.369 e. The van der Waals surface area contributed by atoms with Crippen LogP contribution in [0, 0.1) is 17.1 Å². The Labute approximate surface area is 133 Å². The maximum atomic E-state index is 14.1. The molecule has 0 unspecified atom stereocenters. The SMILES string of the molecule is N#Cc1ccc(N2CCC(c3noc(C4CC4)n3)CC2)c(F)c1.